The number of piperidine rings is 1. The molecule has 5 heteroatoms. The zero-order chi connectivity index (χ0) is 25.9. The summed E-state index contributed by atoms with van der Waals surface area (Å²) in [4.78, 5) is 10.7. The molecule has 2 fully saturated rings. The lowest BCUT2D eigenvalue weighted by Gasteiger charge is -2.37. The van der Waals surface area contributed by atoms with Gasteiger partial charge in [-0.3, -0.25) is 4.90 Å². The number of benzene rings is 3. The molecule has 1 saturated heterocycles. The van der Waals surface area contributed by atoms with Crippen molar-refractivity contribution in [3.8, 4) is 5.88 Å². The first-order chi connectivity index (χ1) is 18.6. The molecule has 0 atom stereocenters. The second-order valence-electron chi connectivity index (χ2n) is 11.2. The van der Waals surface area contributed by atoms with E-state index >= 15 is 0 Å². The van der Waals surface area contributed by atoms with Crippen LogP contribution in [0.5, 0.6) is 5.88 Å². The van der Waals surface area contributed by atoms with Gasteiger partial charge in [0.2, 0.25) is 0 Å². The van der Waals surface area contributed by atoms with Crippen molar-refractivity contribution in [3.63, 3.8) is 0 Å². The standard InChI is InChI=1S/C33H38N4O/c34-27-13-16-30-29(21-27)31(33(38)36-30)32(26-9-5-2-6-10-26)35-28-14-11-23(12-15-28)22-37-19-17-25(18-20-37)24-7-3-1-4-8-24/h2,5-6,9-16,21,24-25,36,38H,1,3-4,7-8,17-20,22,34H2. The Hall–Kier alpha value is -3.57. The SMILES string of the molecule is Nc1ccc2[nH]c(O)c(C(=Nc3ccc(CN4CCC(C5CCCCC5)CC4)cc3)c3ccccc3)c2c1. The molecule has 4 aromatic rings. The second kappa shape index (κ2) is 11.0. The predicted octanol–water partition coefficient (Wildman–Crippen LogP) is 7.42. The van der Waals surface area contributed by atoms with E-state index < -0.39 is 0 Å². The van der Waals surface area contributed by atoms with Crippen LogP contribution in [0.4, 0.5) is 11.4 Å². The Morgan fingerprint density at radius 1 is 0.868 bits per heavy atom. The number of rotatable bonds is 6. The van der Waals surface area contributed by atoms with Gasteiger partial charge in [0, 0.05) is 28.7 Å². The van der Waals surface area contributed by atoms with Gasteiger partial charge in [-0.25, -0.2) is 4.99 Å². The molecule has 6 rings (SSSR count). The third kappa shape index (κ3) is 5.34. The molecule has 0 bridgehead atoms. The summed E-state index contributed by atoms with van der Waals surface area (Å²) in [6, 6.07) is 24.2. The van der Waals surface area contributed by atoms with Crippen molar-refractivity contribution in [1.29, 1.82) is 0 Å². The number of hydrogen-bond acceptors (Lipinski definition) is 4. The molecule has 0 radical (unpaired) electrons. The maximum atomic E-state index is 10.9. The van der Waals surface area contributed by atoms with Crippen LogP contribution in [0, 0.1) is 11.8 Å². The summed E-state index contributed by atoms with van der Waals surface area (Å²) in [6.07, 6.45) is 9.96. The van der Waals surface area contributed by atoms with Gasteiger partial charge < -0.3 is 15.8 Å². The molecule has 1 aliphatic carbocycles. The topological polar surface area (TPSA) is 77.6 Å². The van der Waals surface area contributed by atoms with E-state index in [2.05, 4.69) is 34.1 Å². The maximum Gasteiger partial charge on any atom is 0.199 e. The molecule has 1 aliphatic heterocycles. The molecule has 196 valence electrons. The minimum absolute atomic E-state index is 0.0986. The van der Waals surface area contributed by atoms with Crippen LogP contribution in [-0.2, 0) is 6.54 Å². The lowest BCUT2D eigenvalue weighted by Crippen LogP contribution is -2.36. The molecule has 0 spiro atoms. The highest BCUT2D eigenvalue weighted by molar-refractivity contribution is 6.22. The molecule has 38 heavy (non-hydrogen) atoms. The Bertz CT molecular complexity index is 1390. The Labute approximate surface area is 225 Å². The van der Waals surface area contributed by atoms with Crippen molar-refractivity contribution in [2.24, 2.45) is 16.8 Å². The van der Waals surface area contributed by atoms with Crippen LogP contribution in [0.15, 0.2) is 77.8 Å². The van der Waals surface area contributed by atoms with Crippen LogP contribution in [0.25, 0.3) is 10.9 Å². The third-order valence-corrected chi connectivity index (χ3v) is 8.62. The van der Waals surface area contributed by atoms with E-state index in [1.807, 2.05) is 48.5 Å². The number of fused-ring (bicyclic) bond motifs is 1. The number of hydrogen-bond donors (Lipinski definition) is 3. The first-order valence-corrected chi connectivity index (χ1v) is 14.2. The number of nitrogen functional groups attached to an aromatic ring is 1. The zero-order valence-electron chi connectivity index (χ0n) is 22.1. The van der Waals surface area contributed by atoms with Crippen LogP contribution >= 0.6 is 0 Å². The first-order valence-electron chi connectivity index (χ1n) is 14.2. The number of nitrogens with one attached hydrogen (secondary N) is 1. The van der Waals surface area contributed by atoms with Crippen molar-refractivity contribution >= 4 is 28.0 Å². The van der Waals surface area contributed by atoms with Crippen molar-refractivity contribution in [2.75, 3.05) is 18.8 Å². The van der Waals surface area contributed by atoms with Gasteiger partial charge >= 0.3 is 0 Å². The number of aromatic amines is 1. The number of anilines is 1. The Kier molecular flexibility index (Phi) is 7.19. The highest BCUT2D eigenvalue weighted by Crippen LogP contribution is 2.36. The van der Waals surface area contributed by atoms with Crippen molar-refractivity contribution in [1.82, 2.24) is 9.88 Å². The van der Waals surface area contributed by atoms with Gasteiger partial charge in [-0.05, 0) is 73.7 Å². The van der Waals surface area contributed by atoms with Gasteiger partial charge in [0.05, 0.1) is 17.0 Å². The fourth-order valence-corrected chi connectivity index (χ4v) is 6.55. The zero-order valence-corrected chi connectivity index (χ0v) is 22.1. The number of H-pyrrole nitrogens is 1. The van der Waals surface area contributed by atoms with E-state index in [4.69, 9.17) is 10.7 Å². The molecule has 2 aliphatic rings. The molecular formula is C33H38N4O. The quantitative estimate of drug-likeness (QED) is 0.188. The van der Waals surface area contributed by atoms with E-state index in [-0.39, 0.29) is 5.88 Å². The number of aromatic nitrogens is 1. The summed E-state index contributed by atoms with van der Waals surface area (Å²) < 4.78 is 0. The summed E-state index contributed by atoms with van der Waals surface area (Å²) in [5.41, 5.74) is 12.1. The summed E-state index contributed by atoms with van der Waals surface area (Å²) >= 11 is 0. The highest BCUT2D eigenvalue weighted by Gasteiger charge is 2.27. The molecule has 0 unspecified atom stereocenters. The van der Waals surface area contributed by atoms with Crippen molar-refractivity contribution in [2.45, 2.75) is 51.5 Å². The van der Waals surface area contributed by atoms with E-state index in [9.17, 15) is 5.11 Å². The summed E-state index contributed by atoms with van der Waals surface area (Å²) in [5.74, 6) is 2.02. The average molecular weight is 507 g/mol. The third-order valence-electron chi connectivity index (χ3n) is 8.62. The number of aliphatic imine (C=N–C) groups is 1. The van der Waals surface area contributed by atoms with E-state index in [1.165, 1.54) is 63.6 Å². The van der Waals surface area contributed by atoms with Gasteiger partial charge in [-0.15, -0.1) is 0 Å². The van der Waals surface area contributed by atoms with Gasteiger partial charge in [0.25, 0.3) is 0 Å². The minimum atomic E-state index is 0.0986. The van der Waals surface area contributed by atoms with Crippen LogP contribution in [0.2, 0.25) is 0 Å². The van der Waals surface area contributed by atoms with Crippen LogP contribution in [0.1, 0.15) is 61.6 Å². The second-order valence-corrected chi connectivity index (χ2v) is 11.2. The van der Waals surface area contributed by atoms with Crippen LogP contribution < -0.4 is 5.73 Å². The summed E-state index contributed by atoms with van der Waals surface area (Å²) in [5, 5.41) is 11.7. The fraction of sp³-hybridized carbons (Fsp3) is 0.364. The molecular weight excluding hydrogens is 468 g/mol. The van der Waals surface area contributed by atoms with Gasteiger partial charge in [0.15, 0.2) is 5.88 Å². The maximum absolute atomic E-state index is 10.9. The lowest BCUT2D eigenvalue weighted by molar-refractivity contribution is 0.122. The summed E-state index contributed by atoms with van der Waals surface area (Å²) in [7, 11) is 0. The molecule has 3 aromatic carbocycles. The first kappa shape index (κ1) is 24.7. The summed E-state index contributed by atoms with van der Waals surface area (Å²) in [6.45, 7) is 3.42. The van der Waals surface area contributed by atoms with E-state index in [1.54, 1.807) is 0 Å². The predicted molar refractivity (Wildman–Crippen MR) is 157 cm³/mol. The lowest BCUT2D eigenvalue weighted by atomic mass is 9.76. The van der Waals surface area contributed by atoms with Crippen molar-refractivity contribution < 1.29 is 5.11 Å². The molecule has 0 amide bonds. The molecule has 1 aromatic heterocycles. The number of nitrogens with two attached hydrogens (primary N) is 1. The van der Waals surface area contributed by atoms with Gasteiger partial charge in [0.1, 0.15) is 0 Å². The normalized spacial score (nSPS) is 18.3. The van der Waals surface area contributed by atoms with Crippen LogP contribution in [-0.4, -0.2) is 33.8 Å². The Balaban J connectivity index is 1.21. The number of likely N-dealkylation sites (tertiary alicyclic amines) is 1. The molecule has 1 saturated carbocycles. The average Bonchev–Trinajstić information content (AvgIpc) is 3.28. The highest BCUT2D eigenvalue weighted by atomic mass is 16.3. The monoisotopic (exact) mass is 506 g/mol. The van der Waals surface area contributed by atoms with Crippen molar-refractivity contribution in [3.05, 3.63) is 89.5 Å². The molecule has 5 nitrogen and oxygen atoms in total. The fourth-order valence-electron chi connectivity index (χ4n) is 6.55. The molecule has 2 heterocycles. The smallest absolute Gasteiger partial charge is 0.199 e. The molecule has 4 N–H and O–H groups in total. The van der Waals surface area contributed by atoms with Gasteiger partial charge in [-0.2, -0.15) is 0 Å². The van der Waals surface area contributed by atoms with E-state index in [0.717, 1.165) is 46.2 Å². The Morgan fingerprint density at radius 3 is 2.32 bits per heavy atom. The largest absolute Gasteiger partial charge is 0.494 e. The van der Waals surface area contributed by atoms with E-state index in [0.29, 0.717) is 11.3 Å². The minimum Gasteiger partial charge on any atom is -0.494 e. The van der Waals surface area contributed by atoms with Gasteiger partial charge in [-0.1, -0.05) is 74.6 Å². The number of aromatic hydroxyl groups is 1. The number of nitrogens with zero attached hydrogens (tertiary/aromatic N) is 2. The van der Waals surface area contributed by atoms with Crippen LogP contribution in [0.3, 0.4) is 0 Å². The Morgan fingerprint density at radius 2 is 1.58 bits per heavy atom.